The molecule has 0 radical (unpaired) electrons. The Morgan fingerprint density at radius 2 is 1.21 bits per heavy atom. The summed E-state index contributed by atoms with van der Waals surface area (Å²) in [5.74, 6) is -0.402. The lowest BCUT2D eigenvalue weighted by molar-refractivity contribution is 0.182. The van der Waals surface area contributed by atoms with E-state index in [-0.39, 0.29) is 5.25 Å². The standard InChI is InChI=1S/C22H18Cl3NOS/c23-22(24,25)21(26)27-19(16-10-4-1-5-11-16)20(17-12-6-2-7-13-17)28-18-14-8-3-9-15-18/h1-15,19-20,26H/t19-,20-/m1/s1. The third-order valence-electron chi connectivity index (χ3n) is 4.04. The summed E-state index contributed by atoms with van der Waals surface area (Å²) in [6.07, 6.45) is -0.517. The summed E-state index contributed by atoms with van der Waals surface area (Å²) < 4.78 is 4.03. The van der Waals surface area contributed by atoms with Gasteiger partial charge in [0.1, 0.15) is 6.10 Å². The van der Waals surface area contributed by atoms with Crippen molar-refractivity contribution >= 4 is 52.5 Å². The van der Waals surface area contributed by atoms with E-state index in [9.17, 15) is 0 Å². The first-order valence-electron chi connectivity index (χ1n) is 8.59. The monoisotopic (exact) mass is 449 g/mol. The van der Waals surface area contributed by atoms with E-state index in [1.54, 1.807) is 11.8 Å². The highest BCUT2D eigenvalue weighted by Crippen LogP contribution is 2.47. The van der Waals surface area contributed by atoms with E-state index in [4.69, 9.17) is 44.9 Å². The second-order valence-corrected chi connectivity index (χ2v) is 9.53. The van der Waals surface area contributed by atoms with Crippen molar-refractivity contribution in [1.82, 2.24) is 0 Å². The molecule has 0 spiro atoms. The summed E-state index contributed by atoms with van der Waals surface area (Å²) in [6, 6.07) is 29.8. The summed E-state index contributed by atoms with van der Waals surface area (Å²) in [5.41, 5.74) is 1.96. The molecule has 0 fully saturated rings. The molecule has 6 heteroatoms. The first kappa shape index (κ1) is 21.1. The average molecular weight is 451 g/mol. The van der Waals surface area contributed by atoms with Crippen LogP contribution < -0.4 is 0 Å². The van der Waals surface area contributed by atoms with Gasteiger partial charge in [0.15, 0.2) is 0 Å². The Morgan fingerprint density at radius 1 is 0.750 bits per heavy atom. The Balaban J connectivity index is 2.03. The molecule has 0 aliphatic rings. The van der Waals surface area contributed by atoms with Gasteiger partial charge in [-0.05, 0) is 23.3 Å². The molecule has 3 rings (SSSR count). The predicted octanol–water partition coefficient (Wildman–Crippen LogP) is 7.63. The normalized spacial score (nSPS) is 13.5. The fourth-order valence-electron chi connectivity index (χ4n) is 2.73. The van der Waals surface area contributed by atoms with E-state index in [1.165, 1.54) is 0 Å². The lowest BCUT2D eigenvalue weighted by Crippen LogP contribution is -2.25. The SMILES string of the molecule is N=C(O[C@H](c1ccccc1)[C@H](Sc1ccccc1)c1ccccc1)C(Cl)(Cl)Cl. The molecule has 3 aromatic carbocycles. The summed E-state index contributed by atoms with van der Waals surface area (Å²) in [5, 5.41) is 7.97. The van der Waals surface area contributed by atoms with Crippen LogP contribution in [0, 0.1) is 5.41 Å². The molecular formula is C22H18Cl3NOS. The maximum atomic E-state index is 8.13. The fraction of sp³-hybridized carbons (Fsp3) is 0.136. The van der Waals surface area contributed by atoms with Crippen LogP contribution in [0.1, 0.15) is 22.5 Å². The highest BCUT2D eigenvalue weighted by Gasteiger charge is 2.35. The van der Waals surface area contributed by atoms with Crippen LogP contribution in [0.3, 0.4) is 0 Å². The Kier molecular flexibility index (Phi) is 7.30. The van der Waals surface area contributed by atoms with Crippen LogP contribution in [-0.4, -0.2) is 9.69 Å². The summed E-state index contributed by atoms with van der Waals surface area (Å²) in [4.78, 5) is 1.08. The molecule has 0 heterocycles. The van der Waals surface area contributed by atoms with Crippen LogP contribution in [0.4, 0.5) is 0 Å². The van der Waals surface area contributed by atoms with E-state index in [1.807, 2.05) is 91.0 Å². The molecule has 144 valence electrons. The molecule has 0 bridgehead atoms. The molecule has 3 aromatic rings. The van der Waals surface area contributed by atoms with Crippen LogP contribution in [0.5, 0.6) is 0 Å². The number of hydrogen-bond donors (Lipinski definition) is 1. The Morgan fingerprint density at radius 3 is 1.71 bits per heavy atom. The molecule has 0 saturated heterocycles. The minimum absolute atomic E-state index is 0.154. The van der Waals surface area contributed by atoms with Gasteiger partial charge >= 0.3 is 0 Å². The van der Waals surface area contributed by atoms with Crippen molar-refractivity contribution in [2.45, 2.75) is 20.0 Å². The first-order chi connectivity index (χ1) is 13.4. The van der Waals surface area contributed by atoms with Crippen molar-refractivity contribution < 1.29 is 4.74 Å². The third-order valence-corrected chi connectivity index (χ3v) is 5.87. The van der Waals surface area contributed by atoms with Gasteiger partial charge in [0.05, 0.1) is 5.25 Å². The van der Waals surface area contributed by atoms with Crippen molar-refractivity contribution in [3.63, 3.8) is 0 Å². The number of alkyl halides is 3. The van der Waals surface area contributed by atoms with Crippen LogP contribution in [0.15, 0.2) is 95.9 Å². The Hall–Kier alpha value is -1.65. The van der Waals surface area contributed by atoms with Crippen LogP contribution >= 0.6 is 46.6 Å². The molecule has 0 amide bonds. The molecule has 0 aliphatic heterocycles. The van der Waals surface area contributed by atoms with Crippen molar-refractivity contribution in [3.05, 3.63) is 102 Å². The zero-order valence-electron chi connectivity index (χ0n) is 14.8. The van der Waals surface area contributed by atoms with Crippen LogP contribution in [-0.2, 0) is 4.74 Å². The highest BCUT2D eigenvalue weighted by atomic mass is 35.6. The molecule has 0 aliphatic carbocycles. The average Bonchev–Trinajstić information content (AvgIpc) is 2.72. The minimum Gasteiger partial charge on any atom is -0.468 e. The van der Waals surface area contributed by atoms with Gasteiger partial charge in [-0.2, -0.15) is 0 Å². The molecule has 1 N–H and O–H groups in total. The second kappa shape index (κ2) is 9.71. The second-order valence-electron chi connectivity index (χ2n) is 6.04. The molecule has 0 saturated carbocycles. The largest absolute Gasteiger partial charge is 0.468 e. The maximum Gasteiger partial charge on any atom is 0.265 e. The van der Waals surface area contributed by atoms with Gasteiger partial charge < -0.3 is 4.74 Å². The Labute approximate surface area is 184 Å². The van der Waals surface area contributed by atoms with E-state index in [2.05, 4.69) is 0 Å². The lowest BCUT2D eigenvalue weighted by atomic mass is 10.0. The number of ether oxygens (including phenoxy) is 1. The molecule has 28 heavy (non-hydrogen) atoms. The number of hydrogen-bond acceptors (Lipinski definition) is 3. The summed E-state index contributed by atoms with van der Waals surface area (Å²) in [6.45, 7) is 0. The smallest absolute Gasteiger partial charge is 0.265 e. The molecule has 0 aromatic heterocycles. The number of thioether (sulfide) groups is 1. The van der Waals surface area contributed by atoms with Crippen molar-refractivity contribution in [2.75, 3.05) is 0 Å². The molecule has 2 atom stereocenters. The maximum absolute atomic E-state index is 8.13. The van der Waals surface area contributed by atoms with Crippen molar-refractivity contribution in [3.8, 4) is 0 Å². The van der Waals surface area contributed by atoms with E-state index >= 15 is 0 Å². The van der Waals surface area contributed by atoms with E-state index in [0.717, 1.165) is 16.0 Å². The van der Waals surface area contributed by atoms with Crippen molar-refractivity contribution in [2.24, 2.45) is 0 Å². The van der Waals surface area contributed by atoms with Gasteiger partial charge in [-0.15, -0.1) is 11.8 Å². The zero-order chi connectivity index (χ0) is 20.0. The van der Waals surface area contributed by atoms with Crippen molar-refractivity contribution in [1.29, 1.82) is 5.41 Å². The van der Waals surface area contributed by atoms with E-state index < -0.39 is 15.8 Å². The van der Waals surface area contributed by atoms with Gasteiger partial charge in [0.25, 0.3) is 3.79 Å². The number of nitrogens with one attached hydrogen (secondary N) is 1. The fourth-order valence-corrected chi connectivity index (χ4v) is 4.10. The number of rotatable bonds is 6. The molecule has 0 unspecified atom stereocenters. The predicted molar refractivity (Wildman–Crippen MR) is 120 cm³/mol. The quantitative estimate of drug-likeness (QED) is 0.181. The lowest BCUT2D eigenvalue weighted by Gasteiger charge is -2.30. The zero-order valence-corrected chi connectivity index (χ0v) is 17.8. The first-order valence-corrected chi connectivity index (χ1v) is 10.6. The van der Waals surface area contributed by atoms with Crippen LogP contribution in [0.25, 0.3) is 0 Å². The van der Waals surface area contributed by atoms with Gasteiger partial charge in [0, 0.05) is 4.90 Å². The minimum atomic E-state index is -1.92. The highest BCUT2D eigenvalue weighted by molar-refractivity contribution is 7.99. The van der Waals surface area contributed by atoms with Gasteiger partial charge in [0.2, 0.25) is 5.90 Å². The molecular weight excluding hydrogens is 433 g/mol. The van der Waals surface area contributed by atoms with E-state index in [0.29, 0.717) is 0 Å². The third kappa shape index (κ3) is 5.68. The summed E-state index contributed by atoms with van der Waals surface area (Å²) in [7, 11) is 0. The number of halogens is 3. The van der Waals surface area contributed by atoms with Gasteiger partial charge in [-0.3, -0.25) is 5.41 Å². The Bertz CT molecular complexity index is 886. The van der Waals surface area contributed by atoms with Gasteiger partial charge in [-0.25, -0.2) is 0 Å². The van der Waals surface area contributed by atoms with Crippen LogP contribution in [0.2, 0.25) is 0 Å². The topological polar surface area (TPSA) is 33.1 Å². The van der Waals surface area contributed by atoms with Gasteiger partial charge in [-0.1, -0.05) is 114 Å². The molecule has 2 nitrogen and oxygen atoms in total. The summed E-state index contributed by atoms with van der Waals surface area (Å²) >= 11 is 19.3. The number of benzene rings is 3.